The van der Waals surface area contributed by atoms with Gasteiger partial charge in [0.25, 0.3) is 0 Å². The van der Waals surface area contributed by atoms with Crippen molar-refractivity contribution in [2.75, 3.05) is 12.4 Å². The van der Waals surface area contributed by atoms with Crippen LogP contribution in [0.15, 0.2) is 18.2 Å². The minimum absolute atomic E-state index is 0.0424. The predicted molar refractivity (Wildman–Crippen MR) is 76.1 cm³/mol. The Balaban J connectivity index is 2.78. The van der Waals surface area contributed by atoms with E-state index in [0.717, 1.165) is 12.8 Å². The van der Waals surface area contributed by atoms with Crippen molar-refractivity contribution in [2.45, 2.75) is 32.2 Å². The van der Waals surface area contributed by atoms with E-state index in [2.05, 4.69) is 5.32 Å². The van der Waals surface area contributed by atoms with Gasteiger partial charge in [0.05, 0.1) is 13.2 Å². The number of methoxy groups -OCH3 is 1. The van der Waals surface area contributed by atoms with E-state index in [9.17, 15) is 9.59 Å². The van der Waals surface area contributed by atoms with Crippen LogP contribution in [0.4, 0.5) is 5.69 Å². The van der Waals surface area contributed by atoms with Gasteiger partial charge >= 0.3 is 5.97 Å². The smallest absolute Gasteiger partial charge is 0.339 e. The number of carbonyl (C=O) groups excluding carboxylic acids is 1. The molecule has 0 saturated carbocycles. The Kier molecular flexibility index (Phi) is 5.99. The molecule has 4 N–H and O–H groups in total. The second-order valence-corrected chi connectivity index (χ2v) is 4.46. The summed E-state index contributed by atoms with van der Waals surface area (Å²) >= 11 is 0. The number of amides is 1. The van der Waals surface area contributed by atoms with E-state index in [4.69, 9.17) is 15.6 Å². The lowest BCUT2D eigenvalue weighted by molar-refractivity contribution is -0.117. The maximum Gasteiger partial charge on any atom is 0.339 e. The maximum atomic E-state index is 11.8. The third kappa shape index (κ3) is 4.24. The van der Waals surface area contributed by atoms with Gasteiger partial charge < -0.3 is 20.9 Å². The summed E-state index contributed by atoms with van der Waals surface area (Å²) < 4.78 is 4.99. The van der Waals surface area contributed by atoms with E-state index in [1.807, 2.05) is 6.92 Å². The number of rotatable bonds is 7. The number of carboxylic acids is 1. The summed E-state index contributed by atoms with van der Waals surface area (Å²) in [6, 6.07) is 3.79. The van der Waals surface area contributed by atoms with Gasteiger partial charge in [-0.25, -0.2) is 4.79 Å². The van der Waals surface area contributed by atoms with Crippen molar-refractivity contribution in [3.63, 3.8) is 0 Å². The van der Waals surface area contributed by atoms with Crippen molar-refractivity contribution in [1.82, 2.24) is 0 Å². The van der Waals surface area contributed by atoms with Gasteiger partial charge in [0.15, 0.2) is 0 Å². The molecule has 1 rings (SSSR count). The molecule has 0 aliphatic rings. The molecule has 110 valence electrons. The first-order chi connectivity index (χ1) is 9.49. The molecule has 1 amide bonds. The molecule has 1 atom stereocenters. The van der Waals surface area contributed by atoms with Crippen molar-refractivity contribution in [3.8, 4) is 5.75 Å². The van der Waals surface area contributed by atoms with Gasteiger partial charge in [0, 0.05) is 11.8 Å². The van der Waals surface area contributed by atoms with E-state index in [-0.39, 0.29) is 17.2 Å². The zero-order valence-electron chi connectivity index (χ0n) is 11.7. The third-order valence-electron chi connectivity index (χ3n) is 2.90. The van der Waals surface area contributed by atoms with Crippen molar-refractivity contribution >= 4 is 17.6 Å². The van der Waals surface area contributed by atoms with Gasteiger partial charge in [-0.3, -0.25) is 4.79 Å². The number of ether oxygens (including phenoxy) is 1. The summed E-state index contributed by atoms with van der Waals surface area (Å²) in [5, 5.41) is 11.6. The highest BCUT2D eigenvalue weighted by molar-refractivity contribution is 5.96. The molecule has 0 aromatic heterocycles. The Bertz CT molecular complexity index is 488. The standard InChI is InChI=1S/C14H20N2O4/c1-3-4-5-11(15)13(17)16-9-6-7-10(14(18)19)12(8-9)20-2/h6-8,11H,3-5,15H2,1-2H3,(H,16,17)(H,18,19). The SMILES string of the molecule is CCCCC(N)C(=O)Nc1ccc(C(=O)O)c(OC)c1. The van der Waals surface area contributed by atoms with E-state index in [0.29, 0.717) is 12.1 Å². The lowest BCUT2D eigenvalue weighted by Crippen LogP contribution is -2.35. The van der Waals surface area contributed by atoms with Gasteiger partial charge in [-0.15, -0.1) is 0 Å². The zero-order chi connectivity index (χ0) is 15.1. The molecule has 0 fully saturated rings. The highest BCUT2D eigenvalue weighted by Gasteiger charge is 2.15. The van der Waals surface area contributed by atoms with Crippen LogP contribution in [0.5, 0.6) is 5.75 Å². The lowest BCUT2D eigenvalue weighted by atomic mass is 10.1. The van der Waals surface area contributed by atoms with E-state index >= 15 is 0 Å². The molecule has 0 bridgehead atoms. The fourth-order valence-corrected chi connectivity index (χ4v) is 1.74. The van der Waals surface area contributed by atoms with Crippen molar-refractivity contribution in [3.05, 3.63) is 23.8 Å². The zero-order valence-corrected chi connectivity index (χ0v) is 11.7. The number of carboxylic acid groups (broad SMARTS) is 1. The lowest BCUT2D eigenvalue weighted by Gasteiger charge is -2.13. The number of anilines is 1. The molecule has 20 heavy (non-hydrogen) atoms. The molecule has 0 spiro atoms. The van der Waals surface area contributed by atoms with Crippen LogP contribution in [0.1, 0.15) is 36.5 Å². The monoisotopic (exact) mass is 280 g/mol. The number of benzene rings is 1. The fraction of sp³-hybridized carbons (Fsp3) is 0.429. The van der Waals surface area contributed by atoms with Crippen LogP contribution in [0, 0.1) is 0 Å². The molecule has 1 aromatic carbocycles. The highest BCUT2D eigenvalue weighted by atomic mass is 16.5. The number of nitrogens with two attached hydrogens (primary N) is 1. The highest BCUT2D eigenvalue weighted by Crippen LogP contribution is 2.23. The number of nitrogens with one attached hydrogen (secondary N) is 1. The third-order valence-corrected chi connectivity index (χ3v) is 2.90. The molecule has 0 saturated heterocycles. The maximum absolute atomic E-state index is 11.8. The molecule has 0 heterocycles. The first kappa shape index (κ1) is 16.0. The molecular weight excluding hydrogens is 260 g/mol. The number of carbonyl (C=O) groups is 2. The number of hydrogen-bond donors (Lipinski definition) is 3. The van der Waals surface area contributed by atoms with Crippen LogP contribution in [-0.2, 0) is 4.79 Å². The summed E-state index contributed by atoms with van der Waals surface area (Å²) in [7, 11) is 1.38. The minimum Gasteiger partial charge on any atom is -0.496 e. The van der Waals surface area contributed by atoms with E-state index in [1.165, 1.54) is 25.3 Å². The average Bonchev–Trinajstić information content (AvgIpc) is 2.44. The summed E-state index contributed by atoms with van der Waals surface area (Å²) in [6.07, 6.45) is 2.48. The van der Waals surface area contributed by atoms with Crippen molar-refractivity contribution in [1.29, 1.82) is 0 Å². The Morgan fingerprint density at radius 3 is 2.70 bits per heavy atom. The largest absolute Gasteiger partial charge is 0.496 e. The van der Waals surface area contributed by atoms with Crippen molar-refractivity contribution < 1.29 is 19.4 Å². The van der Waals surface area contributed by atoms with Crippen LogP contribution in [0.25, 0.3) is 0 Å². The fourth-order valence-electron chi connectivity index (χ4n) is 1.74. The summed E-state index contributed by atoms with van der Waals surface area (Å²) in [5.41, 5.74) is 6.27. The first-order valence-electron chi connectivity index (χ1n) is 6.47. The molecule has 0 radical (unpaired) electrons. The van der Waals surface area contributed by atoms with Crippen LogP contribution < -0.4 is 15.8 Å². The van der Waals surface area contributed by atoms with E-state index < -0.39 is 12.0 Å². The Morgan fingerprint density at radius 2 is 2.15 bits per heavy atom. The van der Waals surface area contributed by atoms with Gasteiger partial charge in [0.2, 0.25) is 5.91 Å². The molecule has 0 aliphatic carbocycles. The predicted octanol–water partition coefficient (Wildman–Crippen LogP) is 1.85. The van der Waals surface area contributed by atoms with Gasteiger partial charge in [-0.05, 0) is 18.6 Å². The topological polar surface area (TPSA) is 102 Å². The summed E-state index contributed by atoms with van der Waals surface area (Å²) in [6.45, 7) is 2.03. The van der Waals surface area contributed by atoms with Gasteiger partial charge in [-0.2, -0.15) is 0 Å². The average molecular weight is 280 g/mol. The van der Waals surface area contributed by atoms with Crippen LogP contribution in [0.2, 0.25) is 0 Å². The Morgan fingerprint density at radius 1 is 1.45 bits per heavy atom. The molecular formula is C14H20N2O4. The molecule has 0 aliphatic heterocycles. The number of unbranched alkanes of at least 4 members (excludes halogenated alkanes) is 1. The second kappa shape index (κ2) is 7.49. The first-order valence-corrected chi connectivity index (χ1v) is 6.47. The second-order valence-electron chi connectivity index (χ2n) is 4.46. The van der Waals surface area contributed by atoms with Gasteiger partial charge in [0.1, 0.15) is 11.3 Å². The molecule has 1 unspecified atom stereocenters. The van der Waals surface area contributed by atoms with Crippen LogP contribution in [-0.4, -0.2) is 30.1 Å². The molecule has 6 heteroatoms. The number of hydrogen-bond acceptors (Lipinski definition) is 4. The van der Waals surface area contributed by atoms with Crippen LogP contribution >= 0.6 is 0 Å². The number of aromatic carboxylic acids is 1. The quantitative estimate of drug-likeness (QED) is 0.707. The molecule has 6 nitrogen and oxygen atoms in total. The van der Waals surface area contributed by atoms with E-state index in [1.54, 1.807) is 0 Å². The Hall–Kier alpha value is -2.08. The normalized spacial score (nSPS) is 11.8. The van der Waals surface area contributed by atoms with Crippen LogP contribution in [0.3, 0.4) is 0 Å². The summed E-state index contributed by atoms with van der Waals surface area (Å²) in [4.78, 5) is 22.8. The minimum atomic E-state index is -1.08. The van der Waals surface area contributed by atoms with Crippen molar-refractivity contribution in [2.24, 2.45) is 5.73 Å². The van der Waals surface area contributed by atoms with Gasteiger partial charge in [-0.1, -0.05) is 19.8 Å². The Labute approximate surface area is 117 Å². The molecule has 1 aromatic rings. The summed E-state index contributed by atoms with van der Waals surface area (Å²) in [5.74, 6) is -1.18.